The van der Waals surface area contributed by atoms with E-state index >= 15 is 0 Å². The summed E-state index contributed by atoms with van der Waals surface area (Å²) in [5.41, 5.74) is 5.60. The van der Waals surface area contributed by atoms with Crippen LogP contribution in [0.5, 0.6) is 0 Å². The normalized spacial score (nSPS) is 14.0. The highest BCUT2D eigenvalue weighted by atomic mass is 16.2. The van der Waals surface area contributed by atoms with E-state index in [2.05, 4.69) is 4.99 Å². The number of carbonyl (C=O) groups is 1. The quantitative estimate of drug-likeness (QED) is 0.515. The maximum absolute atomic E-state index is 11.3. The minimum atomic E-state index is -0.360. The van der Waals surface area contributed by atoms with Crippen molar-refractivity contribution in [1.82, 2.24) is 4.90 Å². The van der Waals surface area contributed by atoms with Gasteiger partial charge in [-0.3, -0.25) is 9.79 Å². The van der Waals surface area contributed by atoms with Crippen LogP contribution in [0, 0.1) is 0 Å². The third-order valence-corrected chi connectivity index (χ3v) is 1.66. The Bertz CT molecular complexity index is 199. The molecule has 0 saturated carbocycles. The molecule has 4 heteroatoms. The van der Waals surface area contributed by atoms with E-state index in [1.54, 1.807) is 21.0 Å². The largest absolute Gasteiger partial charge is 0.387 e. The summed E-state index contributed by atoms with van der Waals surface area (Å²) in [6.07, 6.45) is 1.71. The lowest BCUT2D eigenvalue weighted by molar-refractivity contribution is -0.129. The number of hydrogen-bond acceptors (Lipinski definition) is 2. The van der Waals surface area contributed by atoms with Gasteiger partial charge >= 0.3 is 0 Å². The van der Waals surface area contributed by atoms with E-state index in [1.165, 1.54) is 4.90 Å². The van der Waals surface area contributed by atoms with Gasteiger partial charge in [0.15, 0.2) is 0 Å². The zero-order chi connectivity index (χ0) is 10.4. The van der Waals surface area contributed by atoms with E-state index in [0.29, 0.717) is 5.84 Å². The Morgan fingerprint density at radius 1 is 1.54 bits per heavy atom. The standard InChI is InChI=1S/C9H19N3O/c1-5-6-8(10)11-7(2)9(13)12(3)4/h7H,5-6H2,1-4H3,(H2,10,11). The summed E-state index contributed by atoms with van der Waals surface area (Å²) < 4.78 is 0. The number of aliphatic imine (C=N–C) groups is 1. The van der Waals surface area contributed by atoms with Crippen LogP contribution in [-0.4, -0.2) is 36.8 Å². The first kappa shape index (κ1) is 11.9. The minimum absolute atomic E-state index is 0.0148. The van der Waals surface area contributed by atoms with E-state index < -0.39 is 0 Å². The summed E-state index contributed by atoms with van der Waals surface area (Å²) in [5.74, 6) is 0.546. The molecule has 0 bridgehead atoms. The Morgan fingerprint density at radius 2 is 2.08 bits per heavy atom. The first-order valence-electron chi connectivity index (χ1n) is 4.52. The molecule has 0 fully saturated rings. The number of rotatable bonds is 4. The van der Waals surface area contributed by atoms with Crippen molar-refractivity contribution in [1.29, 1.82) is 0 Å². The molecule has 4 nitrogen and oxygen atoms in total. The first-order chi connectivity index (χ1) is 5.99. The molecule has 0 heterocycles. The predicted molar refractivity (Wildman–Crippen MR) is 54.7 cm³/mol. The Balaban J connectivity index is 4.19. The second-order valence-corrected chi connectivity index (χ2v) is 3.28. The van der Waals surface area contributed by atoms with Crippen molar-refractivity contribution in [3.8, 4) is 0 Å². The lowest BCUT2D eigenvalue weighted by atomic mass is 10.3. The molecule has 0 spiro atoms. The maximum Gasteiger partial charge on any atom is 0.246 e. The molecule has 0 radical (unpaired) electrons. The molecule has 1 unspecified atom stereocenters. The summed E-state index contributed by atoms with van der Waals surface area (Å²) >= 11 is 0. The lowest BCUT2D eigenvalue weighted by Crippen LogP contribution is -2.32. The maximum atomic E-state index is 11.3. The van der Waals surface area contributed by atoms with Gasteiger partial charge in [-0.2, -0.15) is 0 Å². The van der Waals surface area contributed by atoms with Gasteiger partial charge in [-0.05, 0) is 13.3 Å². The molecule has 0 aromatic heterocycles. The van der Waals surface area contributed by atoms with Crippen LogP contribution in [0.4, 0.5) is 0 Å². The molecular weight excluding hydrogens is 166 g/mol. The molecule has 0 rings (SSSR count). The Kier molecular flexibility index (Phi) is 5.11. The molecule has 1 amide bonds. The Labute approximate surface area is 79.8 Å². The zero-order valence-corrected chi connectivity index (χ0v) is 8.87. The smallest absolute Gasteiger partial charge is 0.246 e. The third-order valence-electron chi connectivity index (χ3n) is 1.66. The van der Waals surface area contributed by atoms with Gasteiger partial charge in [-0.15, -0.1) is 0 Å². The summed E-state index contributed by atoms with van der Waals surface area (Å²) in [4.78, 5) is 17.0. The Morgan fingerprint density at radius 3 is 2.46 bits per heavy atom. The molecule has 2 N–H and O–H groups in total. The summed E-state index contributed by atoms with van der Waals surface area (Å²) in [5, 5.41) is 0. The van der Waals surface area contributed by atoms with Crippen LogP contribution in [-0.2, 0) is 4.79 Å². The fourth-order valence-electron chi connectivity index (χ4n) is 0.998. The van der Waals surface area contributed by atoms with Gasteiger partial charge in [0.05, 0.1) is 5.84 Å². The number of nitrogens with two attached hydrogens (primary N) is 1. The molecule has 0 saturated heterocycles. The fourth-order valence-corrected chi connectivity index (χ4v) is 0.998. The van der Waals surface area contributed by atoms with Crippen LogP contribution in [0.1, 0.15) is 26.7 Å². The van der Waals surface area contributed by atoms with E-state index in [4.69, 9.17) is 5.73 Å². The van der Waals surface area contributed by atoms with Crippen molar-refractivity contribution in [2.24, 2.45) is 10.7 Å². The van der Waals surface area contributed by atoms with Crippen molar-refractivity contribution >= 4 is 11.7 Å². The van der Waals surface area contributed by atoms with Crippen LogP contribution in [0.3, 0.4) is 0 Å². The van der Waals surface area contributed by atoms with Gasteiger partial charge in [0.2, 0.25) is 5.91 Å². The zero-order valence-electron chi connectivity index (χ0n) is 8.87. The first-order valence-corrected chi connectivity index (χ1v) is 4.52. The van der Waals surface area contributed by atoms with Crippen LogP contribution >= 0.6 is 0 Å². The average Bonchev–Trinajstić information content (AvgIpc) is 2.03. The minimum Gasteiger partial charge on any atom is -0.387 e. The molecule has 0 aliphatic carbocycles. The summed E-state index contributed by atoms with van der Waals surface area (Å²) in [6, 6.07) is -0.360. The van der Waals surface area contributed by atoms with Gasteiger partial charge in [0, 0.05) is 20.5 Å². The number of carbonyl (C=O) groups excluding carboxylic acids is 1. The van der Waals surface area contributed by atoms with E-state index in [0.717, 1.165) is 12.8 Å². The van der Waals surface area contributed by atoms with Gasteiger partial charge in [0.25, 0.3) is 0 Å². The molecule has 0 aromatic rings. The van der Waals surface area contributed by atoms with Crippen molar-refractivity contribution in [2.45, 2.75) is 32.7 Å². The number of amidine groups is 1. The number of likely N-dealkylation sites (N-methyl/N-ethyl adjacent to an activating group) is 1. The van der Waals surface area contributed by atoms with Crippen molar-refractivity contribution < 1.29 is 4.79 Å². The highest BCUT2D eigenvalue weighted by molar-refractivity contribution is 5.87. The van der Waals surface area contributed by atoms with Crippen LogP contribution < -0.4 is 5.73 Å². The monoisotopic (exact) mass is 185 g/mol. The summed E-state index contributed by atoms with van der Waals surface area (Å²) in [7, 11) is 3.43. The Hall–Kier alpha value is -1.06. The van der Waals surface area contributed by atoms with Gasteiger partial charge in [0.1, 0.15) is 6.04 Å². The molecule has 0 aliphatic rings. The van der Waals surface area contributed by atoms with E-state index in [9.17, 15) is 4.79 Å². The summed E-state index contributed by atoms with van der Waals surface area (Å²) in [6.45, 7) is 3.78. The molecule has 13 heavy (non-hydrogen) atoms. The van der Waals surface area contributed by atoms with Crippen LogP contribution in [0.2, 0.25) is 0 Å². The highest BCUT2D eigenvalue weighted by Crippen LogP contribution is 1.96. The van der Waals surface area contributed by atoms with E-state index in [-0.39, 0.29) is 11.9 Å². The number of amides is 1. The lowest BCUT2D eigenvalue weighted by Gasteiger charge is -2.13. The van der Waals surface area contributed by atoms with Gasteiger partial charge < -0.3 is 10.6 Å². The van der Waals surface area contributed by atoms with Gasteiger partial charge in [-0.25, -0.2) is 0 Å². The van der Waals surface area contributed by atoms with Crippen molar-refractivity contribution in [3.63, 3.8) is 0 Å². The molecule has 76 valence electrons. The molecule has 0 aromatic carbocycles. The predicted octanol–water partition coefficient (Wildman–Crippen LogP) is 0.620. The second kappa shape index (κ2) is 5.56. The molecule has 1 atom stereocenters. The number of nitrogens with zero attached hydrogens (tertiary/aromatic N) is 2. The van der Waals surface area contributed by atoms with Crippen LogP contribution in [0.25, 0.3) is 0 Å². The van der Waals surface area contributed by atoms with Gasteiger partial charge in [-0.1, -0.05) is 6.92 Å². The fraction of sp³-hybridized carbons (Fsp3) is 0.778. The van der Waals surface area contributed by atoms with Crippen LogP contribution in [0.15, 0.2) is 4.99 Å². The second-order valence-electron chi connectivity index (χ2n) is 3.28. The third kappa shape index (κ3) is 4.50. The van der Waals surface area contributed by atoms with E-state index in [1.807, 2.05) is 6.92 Å². The molecular formula is C9H19N3O. The average molecular weight is 185 g/mol. The highest BCUT2D eigenvalue weighted by Gasteiger charge is 2.13. The van der Waals surface area contributed by atoms with Crippen molar-refractivity contribution in [2.75, 3.05) is 14.1 Å². The van der Waals surface area contributed by atoms with Crippen molar-refractivity contribution in [3.05, 3.63) is 0 Å². The molecule has 0 aliphatic heterocycles. The SMILES string of the molecule is CCCC(N)=NC(C)C(=O)N(C)C. The topological polar surface area (TPSA) is 58.7 Å². The number of hydrogen-bond donors (Lipinski definition) is 1.